The Morgan fingerprint density at radius 1 is 1.04 bits per heavy atom. The fraction of sp³-hybridized carbons (Fsp3) is 0.947. The Hall–Kier alpha value is -0.610. The average Bonchev–Trinajstić information content (AvgIpc) is 2.63. The summed E-state index contributed by atoms with van der Waals surface area (Å²) in [5.41, 5.74) is 0. The lowest BCUT2D eigenvalue weighted by atomic mass is 9.81. The van der Waals surface area contributed by atoms with E-state index in [9.17, 15) is 4.79 Å². The van der Waals surface area contributed by atoms with Crippen LogP contribution in [0.3, 0.4) is 0 Å². The van der Waals surface area contributed by atoms with E-state index in [4.69, 9.17) is 4.74 Å². The lowest BCUT2D eigenvalue weighted by Crippen LogP contribution is -2.51. The van der Waals surface area contributed by atoms with Gasteiger partial charge in [-0.25, -0.2) is 0 Å². The van der Waals surface area contributed by atoms with Gasteiger partial charge in [0.2, 0.25) is 5.91 Å². The molecule has 132 valence electrons. The highest BCUT2D eigenvalue weighted by atomic mass is 16.5. The average molecular weight is 322 g/mol. The predicted octanol–water partition coefficient (Wildman–Crippen LogP) is 2.96. The summed E-state index contributed by atoms with van der Waals surface area (Å²) >= 11 is 0. The van der Waals surface area contributed by atoms with Crippen LogP contribution in [0.5, 0.6) is 0 Å². The number of likely N-dealkylation sites (tertiary alicyclic amines) is 1. The first-order chi connectivity index (χ1) is 11.3. The fourth-order valence-corrected chi connectivity index (χ4v) is 4.80. The summed E-state index contributed by atoms with van der Waals surface area (Å²) < 4.78 is 5.36. The molecule has 2 unspecified atom stereocenters. The largest absolute Gasteiger partial charge is 0.381 e. The third kappa shape index (κ3) is 4.48. The van der Waals surface area contributed by atoms with Crippen LogP contribution in [0.2, 0.25) is 0 Å². The Bertz CT molecular complexity index is 374. The lowest BCUT2D eigenvalue weighted by Gasteiger charge is -2.43. The Morgan fingerprint density at radius 2 is 1.74 bits per heavy atom. The maximum absolute atomic E-state index is 12.4. The fourth-order valence-electron chi connectivity index (χ4n) is 4.80. The quantitative estimate of drug-likeness (QED) is 0.865. The molecule has 3 fully saturated rings. The van der Waals surface area contributed by atoms with Crippen LogP contribution in [-0.4, -0.2) is 49.2 Å². The van der Waals surface area contributed by atoms with E-state index < -0.39 is 0 Å². The Labute approximate surface area is 141 Å². The number of rotatable bonds is 4. The molecule has 2 saturated heterocycles. The predicted molar refractivity (Wildman–Crippen MR) is 92.3 cm³/mol. The minimum absolute atomic E-state index is 0.185. The van der Waals surface area contributed by atoms with E-state index in [1.54, 1.807) is 0 Å². The monoisotopic (exact) mass is 322 g/mol. The van der Waals surface area contributed by atoms with Gasteiger partial charge in [0.25, 0.3) is 0 Å². The first kappa shape index (κ1) is 17.2. The number of amides is 1. The molecule has 3 rings (SSSR count). The second-order valence-corrected chi connectivity index (χ2v) is 7.73. The highest BCUT2D eigenvalue weighted by Gasteiger charge is 2.32. The maximum atomic E-state index is 12.4. The van der Waals surface area contributed by atoms with Crippen LogP contribution in [-0.2, 0) is 9.53 Å². The van der Waals surface area contributed by atoms with Crippen molar-refractivity contribution >= 4 is 5.91 Å². The van der Waals surface area contributed by atoms with Crippen molar-refractivity contribution in [3.63, 3.8) is 0 Å². The summed E-state index contributed by atoms with van der Waals surface area (Å²) in [4.78, 5) is 15.1. The van der Waals surface area contributed by atoms with Gasteiger partial charge in [-0.2, -0.15) is 0 Å². The Kier molecular flexibility index (Phi) is 6.35. The molecule has 0 aromatic rings. The van der Waals surface area contributed by atoms with Crippen LogP contribution in [0, 0.1) is 11.8 Å². The Morgan fingerprint density at radius 3 is 2.43 bits per heavy atom. The zero-order chi connectivity index (χ0) is 16.1. The molecule has 0 aromatic carbocycles. The van der Waals surface area contributed by atoms with Gasteiger partial charge in [-0.15, -0.1) is 0 Å². The number of piperidine rings is 1. The normalized spacial score (nSPS) is 31.9. The van der Waals surface area contributed by atoms with Crippen molar-refractivity contribution in [2.45, 2.75) is 76.8 Å². The number of hydrogen-bond acceptors (Lipinski definition) is 3. The van der Waals surface area contributed by atoms with E-state index in [0.29, 0.717) is 6.04 Å². The van der Waals surface area contributed by atoms with Crippen molar-refractivity contribution in [3.8, 4) is 0 Å². The van der Waals surface area contributed by atoms with Gasteiger partial charge in [0.15, 0.2) is 0 Å². The lowest BCUT2D eigenvalue weighted by molar-refractivity contribution is -0.129. The van der Waals surface area contributed by atoms with E-state index in [-0.39, 0.29) is 11.8 Å². The van der Waals surface area contributed by atoms with Gasteiger partial charge in [-0.3, -0.25) is 9.69 Å². The van der Waals surface area contributed by atoms with E-state index >= 15 is 0 Å². The second kappa shape index (κ2) is 8.48. The van der Waals surface area contributed by atoms with Gasteiger partial charge in [0, 0.05) is 44.3 Å². The van der Waals surface area contributed by atoms with Crippen molar-refractivity contribution in [2.24, 2.45) is 11.8 Å². The summed E-state index contributed by atoms with van der Waals surface area (Å²) in [6, 6.07) is 1.20. The minimum atomic E-state index is 0.185. The van der Waals surface area contributed by atoms with Crippen LogP contribution in [0.4, 0.5) is 0 Å². The second-order valence-electron chi connectivity index (χ2n) is 7.73. The number of carbonyl (C=O) groups excluding carboxylic acids is 1. The number of nitrogens with one attached hydrogen (secondary N) is 1. The molecule has 0 spiro atoms. The van der Waals surface area contributed by atoms with Crippen LogP contribution >= 0.6 is 0 Å². The molecule has 23 heavy (non-hydrogen) atoms. The highest BCUT2D eigenvalue weighted by Crippen LogP contribution is 2.32. The highest BCUT2D eigenvalue weighted by molar-refractivity contribution is 5.79. The van der Waals surface area contributed by atoms with E-state index in [1.807, 2.05) is 0 Å². The molecular weight excluding hydrogens is 288 g/mol. The summed E-state index contributed by atoms with van der Waals surface area (Å²) in [7, 11) is 0. The number of hydrogen-bond donors (Lipinski definition) is 1. The standard InChI is InChI=1S/C19H34N2O2/c1-2-15-5-3-4-6-18(15)21-11-7-17(8-12-21)20-19(22)16-9-13-23-14-10-16/h15-18H,2-14H2,1H3,(H,20,22). The molecule has 2 heterocycles. The van der Waals surface area contributed by atoms with Gasteiger partial charge in [-0.1, -0.05) is 26.2 Å². The molecule has 0 aromatic heterocycles. The maximum Gasteiger partial charge on any atom is 0.223 e. The molecule has 1 amide bonds. The summed E-state index contributed by atoms with van der Waals surface area (Å²) in [5, 5.41) is 3.32. The molecule has 0 bridgehead atoms. The number of nitrogens with zero attached hydrogens (tertiary/aromatic N) is 1. The van der Waals surface area contributed by atoms with Crippen molar-refractivity contribution in [1.82, 2.24) is 10.2 Å². The molecule has 1 saturated carbocycles. The molecule has 1 N–H and O–H groups in total. The van der Waals surface area contributed by atoms with Gasteiger partial charge in [0.1, 0.15) is 0 Å². The van der Waals surface area contributed by atoms with E-state index in [1.165, 1.54) is 45.2 Å². The van der Waals surface area contributed by atoms with Crippen molar-refractivity contribution in [2.75, 3.05) is 26.3 Å². The van der Waals surface area contributed by atoms with Gasteiger partial charge < -0.3 is 10.1 Å². The van der Waals surface area contributed by atoms with Crippen molar-refractivity contribution in [1.29, 1.82) is 0 Å². The van der Waals surface area contributed by atoms with E-state index in [0.717, 1.165) is 50.9 Å². The summed E-state index contributed by atoms with van der Waals surface area (Å²) in [6.45, 7) is 6.18. The molecule has 0 radical (unpaired) electrons. The number of carbonyl (C=O) groups is 1. The molecule has 2 atom stereocenters. The molecular formula is C19H34N2O2. The third-order valence-corrected chi connectivity index (χ3v) is 6.33. The van der Waals surface area contributed by atoms with Crippen molar-refractivity contribution < 1.29 is 9.53 Å². The molecule has 4 heteroatoms. The van der Waals surface area contributed by atoms with Crippen molar-refractivity contribution in [3.05, 3.63) is 0 Å². The Balaban J connectivity index is 1.43. The van der Waals surface area contributed by atoms with Gasteiger partial charge in [0.05, 0.1) is 0 Å². The minimum Gasteiger partial charge on any atom is -0.381 e. The van der Waals surface area contributed by atoms with E-state index in [2.05, 4.69) is 17.1 Å². The summed E-state index contributed by atoms with van der Waals surface area (Å²) in [5.74, 6) is 1.36. The molecule has 2 aliphatic heterocycles. The zero-order valence-electron chi connectivity index (χ0n) is 14.8. The summed E-state index contributed by atoms with van der Waals surface area (Å²) in [6.07, 6.45) is 11.0. The van der Waals surface area contributed by atoms with Gasteiger partial charge in [-0.05, 0) is 44.4 Å². The van der Waals surface area contributed by atoms with Crippen LogP contribution in [0.25, 0.3) is 0 Å². The first-order valence-electron chi connectivity index (χ1n) is 9.90. The smallest absolute Gasteiger partial charge is 0.223 e. The molecule has 1 aliphatic carbocycles. The van der Waals surface area contributed by atoms with Crippen LogP contribution in [0.15, 0.2) is 0 Å². The topological polar surface area (TPSA) is 41.6 Å². The zero-order valence-corrected chi connectivity index (χ0v) is 14.8. The van der Waals surface area contributed by atoms with Gasteiger partial charge >= 0.3 is 0 Å². The third-order valence-electron chi connectivity index (χ3n) is 6.33. The van der Waals surface area contributed by atoms with Crippen LogP contribution < -0.4 is 5.32 Å². The molecule has 3 aliphatic rings. The first-order valence-corrected chi connectivity index (χ1v) is 9.90. The number of ether oxygens (including phenoxy) is 1. The molecule has 4 nitrogen and oxygen atoms in total. The van der Waals surface area contributed by atoms with Crippen LogP contribution in [0.1, 0.15) is 64.7 Å². The SMILES string of the molecule is CCC1CCCCC1N1CCC(NC(=O)C2CCOCC2)CC1.